The maximum absolute atomic E-state index is 12.6. The Morgan fingerprint density at radius 3 is 2.59 bits per heavy atom. The molecule has 6 heteroatoms. The van der Waals surface area contributed by atoms with Crippen LogP contribution in [0.5, 0.6) is 0 Å². The van der Waals surface area contributed by atoms with E-state index in [-0.39, 0.29) is 6.04 Å². The van der Waals surface area contributed by atoms with Gasteiger partial charge in [-0.25, -0.2) is 0 Å². The van der Waals surface area contributed by atoms with Crippen molar-refractivity contribution in [1.82, 2.24) is 24.6 Å². The first-order chi connectivity index (χ1) is 10.7. The standard InChI is InChI=1S/C16H25N5O/c1-19-8-2-4-13(19)16(22)20-10-6-12(7-11-20)15-18-17-14-5-3-9-21(14)15/h12-13H,2-11H2,1H3/t13-/m1/s1. The largest absolute Gasteiger partial charge is 0.341 e. The van der Waals surface area contributed by atoms with Crippen LogP contribution in [0.1, 0.15) is 49.7 Å². The maximum atomic E-state index is 12.6. The molecule has 4 heterocycles. The predicted molar refractivity (Wildman–Crippen MR) is 82.6 cm³/mol. The number of rotatable bonds is 2. The van der Waals surface area contributed by atoms with Gasteiger partial charge in [0.25, 0.3) is 0 Å². The van der Waals surface area contributed by atoms with Crippen LogP contribution >= 0.6 is 0 Å². The van der Waals surface area contributed by atoms with Gasteiger partial charge in [0.05, 0.1) is 6.04 Å². The topological polar surface area (TPSA) is 54.3 Å². The first-order valence-electron chi connectivity index (χ1n) is 8.65. The smallest absolute Gasteiger partial charge is 0.239 e. The van der Waals surface area contributed by atoms with Crippen molar-refractivity contribution in [3.8, 4) is 0 Å². The Hall–Kier alpha value is -1.43. The molecule has 0 aromatic carbocycles. The van der Waals surface area contributed by atoms with Gasteiger partial charge < -0.3 is 9.47 Å². The highest BCUT2D eigenvalue weighted by Gasteiger charge is 2.34. The molecule has 1 atom stereocenters. The van der Waals surface area contributed by atoms with Gasteiger partial charge in [-0.3, -0.25) is 9.69 Å². The lowest BCUT2D eigenvalue weighted by molar-refractivity contribution is -0.136. The fraction of sp³-hybridized carbons (Fsp3) is 0.812. The number of fused-ring (bicyclic) bond motifs is 1. The Bertz CT molecular complexity index is 561. The van der Waals surface area contributed by atoms with Gasteiger partial charge in [-0.15, -0.1) is 10.2 Å². The molecule has 2 saturated heterocycles. The van der Waals surface area contributed by atoms with Crippen molar-refractivity contribution in [3.63, 3.8) is 0 Å². The third-order valence-electron chi connectivity index (χ3n) is 5.62. The number of piperidine rings is 1. The summed E-state index contributed by atoms with van der Waals surface area (Å²) in [6.07, 6.45) is 6.49. The highest BCUT2D eigenvalue weighted by Crippen LogP contribution is 2.30. The SMILES string of the molecule is CN1CCC[C@@H]1C(=O)N1CCC(c2nnc3n2CCC3)CC1. The summed E-state index contributed by atoms with van der Waals surface area (Å²) in [6.45, 7) is 3.87. The first kappa shape index (κ1) is 14.2. The number of amides is 1. The van der Waals surface area contributed by atoms with Crippen molar-refractivity contribution in [1.29, 1.82) is 0 Å². The van der Waals surface area contributed by atoms with Crippen molar-refractivity contribution >= 4 is 5.91 Å². The molecule has 0 bridgehead atoms. The lowest BCUT2D eigenvalue weighted by Gasteiger charge is -2.34. The fourth-order valence-electron chi connectivity index (χ4n) is 4.27. The Balaban J connectivity index is 1.39. The molecule has 6 nitrogen and oxygen atoms in total. The Labute approximate surface area is 131 Å². The summed E-state index contributed by atoms with van der Waals surface area (Å²) in [4.78, 5) is 16.9. The fourth-order valence-corrected chi connectivity index (χ4v) is 4.27. The van der Waals surface area contributed by atoms with Crippen LogP contribution in [0.2, 0.25) is 0 Å². The van der Waals surface area contributed by atoms with Crippen LogP contribution in [0.4, 0.5) is 0 Å². The average molecular weight is 303 g/mol. The van der Waals surface area contributed by atoms with E-state index in [1.807, 2.05) is 0 Å². The van der Waals surface area contributed by atoms with Gasteiger partial charge in [0, 0.05) is 32.0 Å². The van der Waals surface area contributed by atoms with Gasteiger partial charge >= 0.3 is 0 Å². The normalized spacial score (nSPS) is 26.6. The van der Waals surface area contributed by atoms with Gasteiger partial charge in [-0.1, -0.05) is 0 Å². The number of nitrogens with zero attached hydrogens (tertiary/aromatic N) is 5. The van der Waals surface area contributed by atoms with Crippen LogP contribution in [0.15, 0.2) is 0 Å². The minimum atomic E-state index is 0.119. The molecule has 2 fully saturated rings. The third kappa shape index (κ3) is 2.33. The van der Waals surface area contributed by atoms with Crippen LogP contribution in [0, 0.1) is 0 Å². The number of hydrogen-bond acceptors (Lipinski definition) is 4. The molecule has 1 aromatic heterocycles. The van der Waals surface area contributed by atoms with Gasteiger partial charge in [0.15, 0.2) is 0 Å². The Morgan fingerprint density at radius 1 is 1.05 bits per heavy atom. The van der Waals surface area contributed by atoms with E-state index in [9.17, 15) is 4.79 Å². The minimum Gasteiger partial charge on any atom is -0.341 e. The summed E-state index contributed by atoms with van der Waals surface area (Å²) >= 11 is 0. The average Bonchev–Trinajstić information content (AvgIpc) is 3.23. The second kappa shape index (κ2) is 5.65. The van der Waals surface area contributed by atoms with Crippen LogP contribution in [-0.2, 0) is 17.8 Å². The molecule has 1 aromatic rings. The van der Waals surface area contributed by atoms with Crippen LogP contribution in [0.25, 0.3) is 0 Å². The molecule has 0 aliphatic carbocycles. The second-order valence-electron chi connectivity index (χ2n) is 6.97. The number of aryl methyl sites for hydroxylation is 1. The van der Waals surface area contributed by atoms with Crippen LogP contribution < -0.4 is 0 Å². The van der Waals surface area contributed by atoms with E-state index < -0.39 is 0 Å². The summed E-state index contributed by atoms with van der Waals surface area (Å²) in [7, 11) is 2.07. The van der Waals surface area contributed by atoms with E-state index in [0.29, 0.717) is 11.8 Å². The van der Waals surface area contributed by atoms with Crippen LogP contribution in [-0.4, -0.2) is 63.2 Å². The number of aromatic nitrogens is 3. The van der Waals surface area contributed by atoms with Crippen molar-refractivity contribution < 1.29 is 4.79 Å². The molecule has 0 saturated carbocycles. The van der Waals surface area contributed by atoms with Crippen molar-refractivity contribution in [2.75, 3.05) is 26.7 Å². The lowest BCUT2D eigenvalue weighted by Crippen LogP contribution is -2.47. The van der Waals surface area contributed by atoms with Gasteiger partial charge in [0.2, 0.25) is 5.91 Å². The lowest BCUT2D eigenvalue weighted by atomic mass is 9.95. The number of likely N-dealkylation sites (N-methyl/N-ethyl adjacent to an activating group) is 1. The Kier molecular flexibility index (Phi) is 3.64. The van der Waals surface area contributed by atoms with Crippen molar-refractivity contribution in [2.45, 2.75) is 57.0 Å². The molecule has 1 amide bonds. The van der Waals surface area contributed by atoms with Crippen molar-refractivity contribution in [3.05, 3.63) is 11.6 Å². The molecule has 0 spiro atoms. The van der Waals surface area contributed by atoms with Gasteiger partial charge in [0.1, 0.15) is 11.6 Å². The number of likely N-dealkylation sites (tertiary alicyclic amines) is 2. The summed E-state index contributed by atoms with van der Waals surface area (Å²) in [5, 5.41) is 8.75. The Morgan fingerprint density at radius 2 is 1.86 bits per heavy atom. The number of carbonyl (C=O) groups excluding carboxylic acids is 1. The summed E-state index contributed by atoms with van der Waals surface area (Å²) in [6, 6.07) is 0.119. The molecule has 22 heavy (non-hydrogen) atoms. The molecule has 0 radical (unpaired) electrons. The monoisotopic (exact) mass is 303 g/mol. The number of carbonyl (C=O) groups is 1. The zero-order valence-corrected chi connectivity index (χ0v) is 13.4. The zero-order valence-electron chi connectivity index (χ0n) is 13.4. The zero-order chi connectivity index (χ0) is 15.1. The number of hydrogen-bond donors (Lipinski definition) is 0. The van der Waals surface area contributed by atoms with Gasteiger partial charge in [-0.2, -0.15) is 0 Å². The predicted octanol–water partition coefficient (Wildman–Crippen LogP) is 1.02. The van der Waals surface area contributed by atoms with Gasteiger partial charge in [-0.05, 0) is 45.7 Å². The summed E-state index contributed by atoms with van der Waals surface area (Å²) in [5.74, 6) is 3.13. The van der Waals surface area contributed by atoms with E-state index in [2.05, 4.69) is 31.6 Å². The molecule has 0 N–H and O–H groups in total. The third-order valence-corrected chi connectivity index (χ3v) is 5.62. The van der Waals surface area contributed by atoms with E-state index in [1.165, 1.54) is 6.42 Å². The maximum Gasteiger partial charge on any atom is 0.239 e. The molecule has 120 valence electrons. The highest BCUT2D eigenvalue weighted by molar-refractivity contribution is 5.82. The second-order valence-corrected chi connectivity index (χ2v) is 6.97. The first-order valence-corrected chi connectivity index (χ1v) is 8.65. The minimum absolute atomic E-state index is 0.119. The molecular weight excluding hydrogens is 278 g/mol. The summed E-state index contributed by atoms with van der Waals surface area (Å²) in [5.41, 5.74) is 0. The summed E-state index contributed by atoms with van der Waals surface area (Å²) < 4.78 is 2.31. The molecule has 3 aliphatic heterocycles. The van der Waals surface area contributed by atoms with E-state index >= 15 is 0 Å². The molecule has 0 unspecified atom stereocenters. The molecular formula is C16H25N5O. The van der Waals surface area contributed by atoms with E-state index in [0.717, 1.165) is 69.9 Å². The quantitative estimate of drug-likeness (QED) is 0.819. The highest BCUT2D eigenvalue weighted by atomic mass is 16.2. The molecule has 3 aliphatic rings. The van der Waals surface area contributed by atoms with E-state index in [4.69, 9.17) is 0 Å². The van der Waals surface area contributed by atoms with Crippen LogP contribution in [0.3, 0.4) is 0 Å². The van der Waals surface area contributed by atoms with Crippen molar-refractivity contribution in [2.24, 2.45) is 0 Å². The van der Waals surface area contributed by atoms with E-state index in [1.54, 1.807) is 0 Å². The molecule has 4 rings (SSSR count).